The molecule has 1 saturated heterocycles. The molecule has 74 valence electrons. The number of likely N-dealkylation sites (N-methyl/N-ethyl adjacent to an activating group) is 1. The predicted molar refractivity (Wildman–Crippen MR) is 54.9 cm³/mol. The van der Waals surface area contributed by atoms with E-state index in [1.807, 2.05) is 37.4 Å². The highest BCUT2D eigenvalue weighted by molar-refractivity contribution is 5.77. The summed E-state index contributed by atoms with van der Waals surface area (Å²) in [5.74, 6) is 0. The molecule has 1 unspecified atom stereocenters. The zero-order valence-electron chi connectivity index (χ0n) is 8.40. The van der Waals surface area contributed by atoms with Crippen LogP contribution in [0.4, 0.5) is 4.79 Å². The Bertz CT molecular complexity index is 336. The minimum absolute atomic E-state index is 0.00588. The number of rotatable bonds is 1. The molecule has 3 nitrogen and oxygen atoms in total. The standard InChI is InChI=1S/C11H14N2O/c1-8-10(12-11(14)13(8)2)9-6-4-3-5-7-9/h3-8,10H,1-2H3,(H,12,14)/t8?,10-/m0/s1. The van der Waals surface area contributed by atoms with Crippen LogP contribution in [0.5, 0.6) is 0 Å². The SMILES string of the molecule is CC1[C@@H](c2ccccc2)NC(=O)N1C. The van der Waals surface area contributed by atoms with Crippen LogP contribution in [0.3, 0.4) is 0 Å². The van der Waals surface area contributed by atoms with E-state index in [0.717, 1.165) is 5.56 Å². The molecule has 2 rings (SSSR count). The van der Waals surface area contributed by atoms with Crippen LogP contribution in [0.25, 0.3) is 0 Å². The van der Waals surface area contributed by atoms with Gasteiger partial charge in [-0.2, -0.15) is 0 Å². The molecule has 1 aliphatic rings. The van der Waals surface area contributed by atoms with Gasteiger partial charge in [-0.1, -0.05) is 30.3 Å². The first-order chi connectivity index (χ1) is 6.70. The first-order valence-corrected chi connectivity index (χ1v) is 4.78. The van der Waals surface area contributed by atoms with E-state index in [-0.39, 0.29) is 18.1 Å². The summed E-state index contributed by atoms with van der Waals surface area (Å²) in [7, 11) is 1.82. The Morgan fingerprint density at radius 3 is 2.43 bits per heavy atom. The zero-order valence-corrected chi connectivity index (χ0v) is 8.40. The maximum absolute atomic E-state index is 11.4. The minimum atomic E-state index is 0.00588. The molecule has 0 radical (unpaired) electrons. The molecule has 1 aromatic rings. The van der Waals surface area contributed by atoms with E-state index in [0.29, 0.717) is 0 Å². The number of hydrogen-bond acceptors (Lipinski definition) is 1. The molecule has 0 saturated carbocycles. The van der Waals surface area contributed by atoms with Crippen molar-refractivity contribution in [2.75, 3.05) is 7.05 Å². The van der Waals surface area contributed by atoms with Crippen molar-refractivity contribution in [3.05, 3.63) is 35.9 Å². The van der Waals surface area contributed by atoms with Crippen LogP contribution < -0.4 is 5.32 Å². The Balaban J connectivity index is 2.26. The van der Waals surface area contributed by atoms with Crippen LogP contribution in [0.2, 0.25) is 0 Å². The Kier molecular flexibility index (Phi) is 2.15. The number of amides is 2. The van der Waals surface area contributed by atoms with E-state index >= 15 is 0 Å². The molecule has 0 aliphatic carbocycles. The van der Waals surface area contributed by atoms with Gasteiger partial charge >= 0.3 is 6.03 Å². The number of carbonyl (C=O) groups is 1. The minimum Gasteiger partial charge on any atom is -0.329 e. The summed E-state index contributed by atoms with van der Waals surface area (Å²) < 4.78 is 0. The van der Waals surface area contributed by atoms with Gasteiger partial charge in [0.15, 0.2) is 0 Å². The van der Waals surface area contributed by atoms with Gasteiger partial charge in [-0.15, -0.1) is 0 Å². The van der Waals surface area contributed by atoms with Gasteiger partial charge in [0.05, 0.1) is 12.1 Å². The zero-order chi connectivity index (χ0) is 10.1. The maximum Gasteiger partial charge on any atom is 0.318 e. The molecule has 0 aromatic heterocycles. The Morgan fingerprint density at radius 1 is 1.29 bits per heavy atom. The van der Waals surface area contributed by atoms with Gasteiger partial charge in [-0.05, 0) is 12.5 Å². The molecular formula is C11H14N2O. The highest BCUT2D eigenvalue weighted by atomic mass is 16.2. The number of nitrogens with one attached hydrogen (secondary N) is 1. The predicted octanol–water partition coefficient (Wildman–Crippen LogP) is 1.77. The highest BCUT2D eigenvalue weighted by Gasteiger charge is 2.34. The van der Waals surface area contributed by atoms with Gasteiger partial charge in [-0.25, -0.2) is 4.79 Å². The average Bonchev–Trinajstić information content (AvgIpc) is 2.47. The third-order valence-corrected chi connectivity index (χ3v) is 2.85. The molecule has 1 heterocycles. The van der Waals surface area contributed by atoms with E-state index < -0.39 is 0 Å². The summed E-state index contributed by atoms with van der Waals surface area (Å²) in [4.78, 5) is 13.1. The lowest BCUT2D eigenvalue weighted by molar-refractivity contribution is 0.218. The highest BCUT2D eigenvalue weighted by Crippen LogP contribution is 2.25. The molecule has 1 N–H and O–H groups in total. The second kappa shape index (κ2) is 3.33. The van der Waals surface area contributed by atoms with Crippen LogP contribution >= 0.6 is 0 Å². The van der Waals surface area contributed by atoms with Crippen molar-refractivity contribution in [1.29, 1.82) is 0 Å². The van der Waals surface area contributed by atoms with Gasteiger partial charge < -0.3 is 10.2 Å². The van der Waals surface area contributed by atoms with Crippen molar-refractivity contribution in [3.8, 4) is 0 Å². The van der Waals surface area contributed by atoms with Crippen LogP contribution in [0.1, 0.15) is 18.5 Å². The van der Waals surface area contributed by atoms with Crippen molar-refractivity contribution in [2.45, 2.75) is 19.0 Å². The van der Waals surface area contributed by atoms with Gasteiger partial charge in [0.25, 0.3) is 0 Å². The molecule has 1 aliphatic heterocycles. The molecule has 14 heavy (non-hydrogen) atoms. The summed E-state index contributed by atoms with van der Waals surface area (Å²) in [6.07, 6.45) is 0. The summed E-state index contributed by atoms with van der Waals surface area (Å²) in [6, 6.07) is 10.4. The number of hydrogen-bond donors (Lipinski definition) is 1. The molecule has 0 spiro atoms. The lowest BCUT2D eigenvalue weighted by atomic mass is 10.0. The molecule has 2 amide bonds. The van der Waals surface area contributed by atoms with Crippen LogP contribution in [-0.4, -0.2) is 24.0 Å². The molecule has 3 heteroatoms. The van der Waals surface area contributed by atoms with Crippen LogP contribution in [-0.2, 0) is 0 Å². The number of benzene rings is 1. The fraction of sp³-hybridized carbons (Fsp3) is 0.364. The average molecular weight is 190 g/mol. The first-order valence-electron chi connectivity index (χ1n) is 4.78. The summed E-state index contributed by atoms with van der Waals surface area (Å²) in [5, 5.41) is 2.96. The smallest absolute Gasteiger partial charge is 0.318 e. The van der Waals surface area contributed by atoms with E-state index in [1.54, 1.807) is 4.90 Å². The Labute approximate surface area is 83.7 Å². The molecule has 2 atom stereocenters. The van der Waals surface area contributed by atoms with Crippen molar-refractivity contribution >= 4 is 6.03 Å². The van der Waals surface area contributed by atoms with Gasteiger partial charge in [0, 0.05) is 7.05 Å². The number of carbonyl (C=O) groups excluding carboxylic acids is 1. The Hall–Kier alpha value is -1.51. The van der Waals surface area contributed by atoms with E-state index in [9.17, 15) is 4.79 Å². The van der Waals surface area contributed by atoms with Gasteiger partial charge in [0.2, 0.25) is 0 Å². The van der Waals surface area contributed by atoms with Gasteiger partial charge in [-0.3, -0.25) is 0 Å². The summed E-state index contributed by atoms with van der Waals surface area (Å²) in [5.41, 5.74) is 1.16. The molecule has 0 bridgehead atoms. The number of urea groups is 1. The van der Waals surface area contributed by atoms with Crippen molar-refractivity contribution in [1.82, 2.24) is 10.2 Å². The molecule has 1 aromatic carbocycles. The van der Waals surface area contributed by atoms with Crippen LogP contribution in [0, 0.1) is 0 Å². The fourth-order valence-electron chi connectivity index (χ4n) is 1.79. The largest absolute Gasteiger partial charge is 0.329 e. The van der Waals surface area contributed by atoms with E-state index in [2.05, 4.69) is 12.2 Å². The topological polar surface area (TPSA) is 32.3 Å². The van der Waals surface area contributed by atoms with Gasteiger partial charge in [0.1, 0.15) is 0 Å². The van der Waals surface area contributed by atoms with Crippen molar-refractivity contribution in [2.24, 2.45) is 0 Å². The lowest BCUT2D eigenvalue weighted by Crippen LogP contribution is -2.27. The van der Waals surface area contributed by atoms with E-state index in [1.165, 1.54) is 0 Å². The second-order valence-corrected chi connectivity index (χ2v) is 3.69. The normalized spacial score (nSPS) is 26.4. The molecule has 1 fully saturated rings. The van der Waals surface area contributed by atoms with Crippen LogP contribution in [0.15, 0.2) is 30.3 Å². The van der Waals surface area contributed by atoms with E-state index in [4.69, 9.17) is 0 Å². The lowest BCUT2D eigenvalue weighted by Gasteiger charge is -2.18. The third kappa shape index (κ3) is 1.35. The Morgan fingerprint density at radius 2 is 1.93 bits per heavy atom. The monoisotopic (exact) mass is 190 g/mol. The number of nitrogens with zero attached hydrogens (tertiary/aromatic N) is 1. The summed E-state index contributed by atoms with van der Waals surface area (Å²) in [6.45, 7) is 2.05. The first kappa shape index (κ1) is 9.06. The second-order valence-electron chi connectivity index (χ2n) is 3.69. The summed E-state index contributed by atoms with van der Waals surface area (Å²) >= 11 is 0. The third-order valence-electron chi connectivity index (χ3n) is 2.85. The quantitative estimate of drug-likeness (QED) is 0.719. The van der Waals surface area contributed by atoms with Crippen molar-refractivity contribution < 1.29 is 4.79 Å². The maximum atomic E-state index is 11.4. The fourth-order valence-corrected chi connectivity index (χ4v) is 1.79. The molecular weight excluding hydrogens is 176 g/mol. The van der Waals surface area contributed by atoms with Crippen molar-refractivity contribution in [3.63, 3.8) is 0 Å².